The lowest BCUT2D eigenvalue weighted by Crippen LogP contribution is -2.07. The number of aryl methyl sites for hydroxylation is 2. The SMILES string of the molecule is Cc1cc(C)cc(OCn2cc(Cl)c(C(=O)O)n2)c1. The number of aromatic carboxylic acids is 1. The van der Waals surface area contributed by atoms with E-state index >= 15 is 0 Å². The van der Waals surface area contributed by atoms with E-state index in [9.17, 15) is 4.79 Å². The van der Waals surface area contributed by atoms with Crippen molar-refractivity contribution in [2.24, 2.45) is 0 Å². The van der Waals surface area contributed by atoms with Crippen LogP contribution in [0.5, 0.6) is 5.75 Å². The summed E-state index contributed by atoms with van der Waals surface area (Å²) in [4.78, 5) is 10.8. The molecule has 0 amide bonds. The number of rotatable bonds is 4. The van der Waals surface area contributed by atoms with Gasteiger partial charge in [-0.25, -0.2) is 9.48 Å². The number of carboxylic acid groups (broad SMARTS) is 1. The molecule has 1 N–H and O–H groups in total. The van der Waals surface area contributed by atoms with E-state index in [2.05, 4.69) is 5.10 Å². The molecule has 0 bridgehead atoms. The Morgan fingerprint density at radius 3 is 2.53 bits per heavy atom. The Balaban J connectivity index is 2.10. The van der Waals surface area contributed by atoms with Gasteiger partial charge in [0.25, 0.3) is 0 Å². The second-order valence-electron chi connectivity index (χ2n) is 4.27. The van der Waals surface area contributed by atoms with Crippen molar-refractivity contribution >= 4 is 17.6 Å². The molecule has 1 aromatic heterocycles. The first-order chi connectivity index (χ1) is 8.95. The lowest BCUT2D eigenvalue weighted by molar-refractivity contribution is 0.0688. The Labute approximate surface area is 115 Å². The number of benzene rings is 1. The van der Waals surface area contributed by atoms with Crippen LogP contribution in [0.4, 0.5) is 0 Å². The molecule has 0 saturated carbocycles. The first kappa shape index (κ1) is 13.4. The molecule has 0 aliphatic heterocycles. The van der Waals surface area contributed by atoms with Crippen molar-refractivity contribution in [2.75, 3.05) is 0 Å². The minimum atomic E-state index is -1.16. The van der Waals surface area contributed by atoms with Crippen LogP contribution in [0.25, 0.3) is 0 Å². The smallest absolute Gasteiger partial charge is 0.357 e. The van der Waals surface area contributed by atoms with Gasteiger partial charge in [-0.3, -0.25) is 0 Å². The standard InChI is InChI=1S/C13H13ClN2O3/c1-8-3-9(2)5-10(4-8)19-7-16-6-11(14)12(15-16)13(17)18/h3-6H,7H2,1-2H3,(H,17,18). The highest BCUT2D eigenvalue weighted by atomic mass is 35.5. The Morgan fingerprint density at radius 2 is 2.00 bits per heavy atom. The van der Waals surface area contributed by atoms with Crippen LogP contribution in [0, 0.1) is 13.8 Å². The van der Waals surface area contributed by atoms with Gasteiger partial charge in [0.15, 0.2) is 12.4 Å². The Morgan fingerprint density at radius 1 is 1.37 bits per heavy atom. The van der Waals surface area contributed by atoms with Crippen molar-refractivity contribution in [1.82, 2.24) is 9.78 Å². The maximum Gasteiger partial charge on any atom is 0.357 e. The van der Waals surface area contributed by atoms with Crippen molar-refractivity contribution in [2.45, 2.75) is 20.6 Å². The molecule has 1 aromatic carbocycles. The third kappa shape index (κ3) is 3.26. The van der Waals surface area contributed by atoms with Crippen molar-refractivity contribution in [3.05, 3.63) is 46.2 Å². The van der Waals surface area contributed by atoms with Crippen molar-refractivity contribution < 1.29 is 14.6 Å². The number of halogens is 1. The molecule has 0 aliphatic carbocycles. The van der Waals surface area contributed by atoms with Gasteiger partial charge in [0.1, 0.15) is 5.75 Å². The van der Waals surface area contributed by atoms with Gasteiger partial charge in [-0.1, -0.05) is 17.7 Å². The van der Waals surface area contributed by atoms with Gasteiger partial charge in [0.2, 0.25) is 0 Å². The van der Waals surface area contributed by atoms with Gasteiger partial charge in [-0.2, -0.15) is 5.10 Å². The summed E-state index contributed by atoms with van der Waals surface area (Å²) in [6.07, 6.45) is 1.42. The fourth-order valence-corrected chi connectivity index (χ4v) is 2.00. The van der Waals surface area contributed by atoms with Crippen molar-refractivity contribution in [1.29, 1.82) is 0 Å². The van der Waals surface area contributed by atoms with E-state index in [-0.39, 0.29) is 17.4 Å². The molecule has 0 saturated heterocycles. The molecule has 2 rings (SSSR count). The van der Waals surface area contributed by atoms with Crippen LogP contribution in [-0.4, -0.2) is 20.9 Å². The Kier molecular flexibility index (Phi) is 3.76. The normalized spacial score (nSPS) is 10.5. The fraction of sp³-hybridized carbons (Fsp3) is 0.231. The summed E-state index contributed by atoms with van der Waals surface area (Å²) in [5.41, 5.74) is 2.02. The minimum absolute atomic E-state index is 0.0940. The highest BCUT2D eigenvalue weighted by Crippen LogP contribution is 2.18. The zero-order chi connectivity index (χ0) is 14.0. The first-order valence-electron chi connectivity index (χ1n) is 5.63. The second-order valence-corrected chi connectivity index (χ2v) is 4.67. The molecule has 0 aliphatic rings. The predicted molar refractivity (Wildman–Crippen MR) is 70.7 cm³/mol. The first-order valence-corrected chi connectivity index (χ1v) is 6.01. The molecule has 1 heterocycles. The van der Waals surface area contributed by atoms with Gasteiger partial charge in [-0.15, -0.1) is 0 Å². The molecule has 100 valence electrons. The molecule has 2 aromatic rings. The Hall–Kier alpha value is -2.01. The van der Waals surface area contributed by atoms with Crippen molar-refractivity contribution in [3.63, 3.8) is 0 Å². The average molecular weight is 281 g/mol. The monoisotopic (exact) mass is 280 g/mol. The molecule has 0 spiro atoms. The van der Waals surface area contributed by atoms with E-state index < -0.39 is 5.97 Å². The van der Waals surface area contributed by atoms with Gasteiger partial charge < -0.3 is 9.84 Å². The maximum absolute atomic E-state index is 10.8. The third-order valence-corrected chi connectivity index (χ3v) is 2.75. The zero-order valence-corrected chi connectivity index (χ0v) is 11.3. The highest BCUT2D eigenvalue weighted by molar-refractivity contribution is 6.33. The lowest BCUT2D eigenvalue weighted by Gasteiger charge is -2.08. The molecular weight excluding hydrogens is 268 g/mol. The topological polar surface area (TPSA) is 64.3 Å². The van der Waals surface area contributed by atoms with E-state index in [0.717, 1.165) is 11.1 Å². The summed E-state index contributed by atoms with van der Waals surface area (Å²) in [5, 5.41) is 12.8. The largest absolute Gasteiger partial charge is 0.476 e. The van der Waals surface area contributed by atoms with Crippen LogP contribution < -0.4 is 4.74 Å². The van der Waals surface area contributed by atoms with Crippen LogP contribution in [-0.2, 0) is 6.73 Å². The summed E-state index contributed by atoms with van der Waals surface area (Å²) in [5.74, 6) is -0.448. The number of hydrogen-bond donors (Lipinski definition) is 1. The number of ether oxygens (including phenoxy) is 1. The summed E-state index contributed by atoms with van der Waals surface area (Å²) < 4.78 is 6.90. The fourth-order valence-electron chi connectivity index (χ4n) is 1.77. The van der Waals surface area contributed by atoms with Gasteiger partial charge in [0.05, 0.1) is 5.02 Å². The van der Waals surface area contributed by atoms with E-state index in [1.165, 1.54) is 10.9 Å². The number of carboxylic acids is 1. The molecule has 19 heavy (non-hydrogen) atoms. The average Bonchev–Trinajstić information content (AvgIpc) is 2.67. The molecule has 5 nitrogen and oxygen atoms in total. The van der Waals surface area contributed by atoms with Gasteiger partial charge >= 0.3 is 5.97 Å². The molecule has 0 atom stereocenters. The highest BCUT2D eigenvalue weighted by Gasteiger charge is 2.14. The summed E-state index contributed by atoms with van der Waals surface area (Å²) in [6.45, 7) is 4.07. The predicted octanol–water partition coefficient (Wildman–Crippen LogP) is 2.89. The molecular formula is C13H13ClN2O3. The van der Waals surface area contributed by atoms with Crippen LogP contribution in [0.1, 0.15) is 21.6 Å². The maximum atomic E-state index is 10.8. The van der Waals surface area contributed by atoms with Crippen LogP contribution in [0.2, 0.25) is 5.02 Å². The minimum Gasteiger partial charge on any atom is -0.476 e. The van der Waals surface area contributed by atoms with E-state index in [0.29, 0.717) is 5.75 Å². The number of carbonyl (C=O) groups is 1. The molecule has 0 unspecified atom stereocenters. The quantitative estimate of drug-likeness (QED) is 0.935. The molecule has 0 fully saturated rings. The van der Waals surface area contributed by atoms with E-state index in [1.807, 2.05) is 32.0 Å². The molecule has 6 heteroatoms. The lowest BCUT2D eigenvalue weighted by atomic mass is 10.1. The van der Waals surface area contributed by atoms with Crippen LogP contribution in [0.15, 0.2) is 24.4 Å². The van der Waals surface area contributed by atoms with Crippen LogP contribution in [0.3, 0.4) is 0 Å². The number of aromatic nitrogens is 2. The zero-order valence-electron chi connectivity index (χ0n) is 10.6. The van der Waals surface area contributed by atoms with Gasteiger partial charge in [-0.05, 0) is 37.1 Å². The Bertz CT molecular complexity index is 602. The summed E-state index contributed by atoms with van der Waals surface area (Å²) >= 11 is 5.75. The number of hydrogen-bond acceptors (Lipinski definition) is 3. The third-order valence-electron chi connectivity index (χ3n) is 2.48. The van der Waals surface area contributed by atoms with E-state index in [4.69, 9.17) is 21.4 Å². The van der Waals surface area contributed by atoms with E-state index in [1.54, 1.807) is 0 Å². The van der Waals surface area contributed by atoms with Crippen LogP contribution >= 0.6 is 11.6 Å². The number of nitrogens with zero attached hydrogens (tertiary/aromatic N) is 2. The summed E-state index contributed by atoms with van der Waals surface area (Å²) in [7, 11) is 0. The van der Waals surface area contributed by atoms with Gasteiger partial charge in [0, 0.05) is 6.20 Å². The summed E-state index contributed by atoms with van der Waals surface area (Å²) in [6, 6.07) is 5.84. The second kappa shape index (κ2) is 5.32. The molecule has 0 radical (unpaired) electrons. The van der Waals surface area contributed by atoms with Crippen molar-refractivity contribution in [3.8, 4) is 5.75 Å².